The second-order valence-electron chi connectivity index (χ2n) is 8.62. The molecule has 2 heterocycles. The van der Waals surface area contributed by atoms with Gasteiger partial charge in [-0.1, -0.05) is 42.5 Å². The van der Waals surface area contributed by atoms with Gasteiger partial charge in [0.1, 0.15) is 22.5 Å². The molecule has 0 bridgehead atoms. The maximum absolute atomic E-state index is 13.2. The number of aromatic hydroxyl groups is 4. The van der Waals surface area contributed by atoms with Crippen LogP contribution in [0.4, 0.5) is 0 Å². The first-order valence-corrected chi connectivity index (χ1v) is 11.1. The van der Waals surface area contributed by atoms with E-state index in [1.165, 1.54) is 18.2 Å². The minimum absolute atomic E-state index is 0.0409. The predicted octanol–water partition coefficient (Wildman–Crippen LogP) is 4.88. The number of carbonyl (C=O) groups is 1. The average Bonchev–Trinajstić information content (AvgIpc) is 2.86. The van der Waals surface area contributed by atoms with Crippen molar-refractivity contribution in [2.75, 3.05) is 0 Å². The molecule has 1 atom stereocenters. The fourth-order valence-electron chi connectivity index (χ4n) is 4.86. The van der Waals surface area contributed by atoms with Crippen molar-refractivity contribution in [3.8, 4) is 40.1 Å². The lowest BCUT2D eigenvalue weighted by Gasteiger charge is -2.27. The maximum Gasteiger partial charge on any atom is 0.312 e. The number of phenolic OH excluding ortho intramolecular Hbond substituents is 3. The number of phenols is 3. The molecule has 178 valence electrons. The van der Waals surface area contributed by atoms with Crippen molar-refractivity contribution in [2.24, 2.45) is 0 Å². The highest BCUT2D eigenvalue weighted by Gasteiger charge is 2.35. The van der Waals surface area contributed by atoms with Gasteiger partial charge in [0, 0.05) is 23.1 Å². The van der Waals surface area contributed by atoms with Crippen molar-refractivity contribution in [1.82, 2.24) is 0 Å². The second-order valence-corrected chi connectivity index (χ2v) is 8.62. The smallest absolute Gasteiger partial charge is 0.312 e. The van der Waals surface area contributed by atoms with E-state index >= 15 is 0 Å². The van der Waals surface area contributed by atoms with E-state index in [1.54, 1.807) is 0 Å². The zero-order chi connectivity index (χ0) is 25.1. The van der Waals surface area contributed by atoms with Gasteiger partial charge in [-0.25, -0.2) is 0 Å². The van der Waals surface area contributed by atoms with Gasteiger partial charge in [-0.05, 0) is 34.5 Å². The molecular weight excluding hydrogens is 464 g/mol. The monoisotopic (exact) mass is 482 g/mol. The number of ether oxygens (including phenoxy) is 1. The number of rotatable bonds is 2. The Balaban J connectivity index is 1.71. The van der Waals surface area contributed by atoms with E-state index in [4.69, 9.17) is 9.15 Å². The maximum atomic E-state index is 13.2. The van der Waals surface area contributed by atoms with Gasteiger partial charge in [-0.15, -0.1) is 0 Å². The molecule has 1 aromatic heterocycles. The van der Waals surface area contributed by atoms with E-state index in [0.717, 1.165) is 22.4 Å². The lowest BCUT2D eigenvalue weighted by atomic mass is 9.83. The van der Waals surface area contributed by atoms with Crippen LogP contribution in [0.2, 0.25) is 0 Å². The van der Waals surface area contributed by atoms with Crippen molar-refractivity contribution in [3.05, 3.63) is 88.1 Å². The van der Waals surface area contributed by atoms with E-state index in [0.29, 0.717) is 5.56 Å². The molecule has 0 radical (unpaired) electrons. The molecule has 1 aliphatic heterocycles. The Labute approximate surface area is 202 Å². The third kappa shape index (κ3) is 3.15. The molecule has 0 unspecified atom stereocenters. The minimum Gasteiger partial charge on any atom is -0.507 e. The van der Waals surface area contributed by atoms with Crippen LogP contribution >= 0.6 is 0 Å². The zero-order valence-electron chi connectivity index (χ0n) is 18.6. The van der Waals surface area contributed by atoms with Crippen LogP contribution in [0.1, 0.15) is 23.5 Å². The quantitative estimate of drug-likeness (QED) is 0.159. The molecule has 0 saturated heterocycles. The Morgan fingerprint density at radius 1 is 0.806 bits per heavy atom. The van der Waals surface area contributed by atoms with Crippen LogP contribution in [0.3, 0.4) is 0 Å². The fourth-order valence-corrected chi connectivity index (χ4v) is 4.86. The Kier molecular flexibility index (Phi) is 4.65. The van der Waals surface area contributed by atoms with E-state index in [2.05, 4.69) is 0 Å². The Bertz CT molecular complexity index is 1780. The Morgan fingerprint density at radius 3 is 2.39 bits per heavy atom. The third-order valence-electron chi connectivity index (χ3n) is 6.50. The van der Waals surface area contributed by atoms with Gasteiger partial charge in [0.15, 0.2) is 17.3 Å². The third-order valence-corrected chi connectivity index (χ3v) is 6.50. The van der Waals surface area contributed by atoms with E-state index in [1.807, 2.05) is 42.5 Å². The lowest BCUT2D eigenvalue weighted by molar-refractivity contribution is -0.135. The van der Waals surface area contributed by atoms with Crippen LogP contribution in [0.25, 0.3) is 33.1 Å². The topological polar surface area (TPSA) is 137 Å². The molecule has 0 amide bonds. The Morgan fingerprint density at radius 2 is 1.58 bits per heavy atom. The molecule has 5 aromatic rings. The number of hydrogen-bond donors (Lipinski definition) is 4. The SMILES string of the molecule is O=C1C[C@H](c2cccc3ccccc23)c2c(cc(O)c3c(=O)c(O)c(-c4ccc(O)c(O)c4)oc23)O1. The van der Waals surface area contributed by atoms with Gasteiger partial charge in [-0.2, -0.15) is 0 Å². The van der Waals surface area contributed by atoms with Crippen LogP contribution in [-0.4, -0.2) is 26.4 Å². The van der Waals surface area contributed by atoms with Gasteiger partial charge in [0.2, 0.25) is 11.2 Å². The van der Waals surface area contributed by atoms with Crippen molar-refractivity contribution in [3.63, 3.8) is 0 Å². The summed E-state index contributed by atoms with van der Waals surface area (Å²) in [5, 5.41) is 42.5. The summed E-state index contributed by atoms with van der Waals surface area (Å²) >= 11 is 0. The van der Waals surface area contributed by atoms with E-state index in [9.17, 15) is 30.0 Å². The lowest BCUT2D eigenvalue weighted by Crippen LogP contribution is -2.22. The van der Waals surface area contributed by atoms with Crippen molar-refractivity contribution < 1.29 is 34.4 Å². The number of benzene rings is 4. The predicted molar refractivity (Wildman–Crippen MR) is 131 cm³/mol. The van der Waals surface area contributed by atoms with Gasteiger partial charge in [0.25, 0.3) is 0 Å². The first-order chi connectivity index (χ1) is 17.3. The molecule has 8 heteroatoms. The molecule has 0 spiro atoms. The standard InChI is InChI=1S/C28H18O8/c29-18-9-8-14(10-19(18)30)27-26(34)25(33)24-20(31)12-21-23(28(24)36-27)17(11-22(32)35-21)16-7-3-5-13-4-1-2-6-15(13)16/h1-10,12,17,29-31,34H,11H2/t17-/m1/s1. The van der Waals surface area contributed by atoms with Crippen LogP contribution in [0, 0.1) is 0 Å². The van der Waals surface area contributed by atoms with Crippen LogP contribution in [-0.2, 0) is 4.79 Å². The van der Waals surface area contributed by atoms with Gasteiger partial charge < -0.3 is 29.6 Å². The highest BCUT2D eigenvalue weighted by molar-refractivity contribution is 5.96. The van der Waals surface area contributed by atoms with Gasteiger partial charge >= 0.3 is 5.97 Å². The van der Waals surface area contributed by atoms with Gasteiger partial charge in [-0.3, -0.25) is 9.59 Å². The van der Waals surface area contributed by atoms with Crippen molar-refractivity contribution in [1.29, 1.82) is 0 Å². The molecule has 0 saturated carbocycles. The second kappa shape index (κ2) is 7.78. The summed E-state index contributed by atoms with van der Waals surface area (Å²) in [6, 6.07) is 18.2. The molecule has 0 fully saturated rings. The van der Waals surface area contributed by atoms with Crippen molar-refractivity contribution in [2.45, 2.75) is 12.3 Å². The number of hydrogen-bond acceptors (Lipinski definition) is 8. The normalized spacial score (nSPS) is 15.1. The number of carbonyl (C=O) groups excluding carboxylic acids is 1. The van der Waals surface area contributed by atoms with Crippen molar-refractivity contribution >= 4 is 27.7 Å². The summed E-state index contributed by atoms with van der Waals surface area (Å²) in [7, 11) is 0. The minimum atomic E-state index is -0.896. The number of fused-ring (bicyclic) bond motifs is 4. The van der Waals surface area contributed by atoms with E-state index in [-0.39, 0.29) is 40.2 Å². The summed E-state index contributed by atoms with van der Waals surface area (Å²) in [5.74, 6) is -3.48. The highest BCUT2D eigenvalue weighted by atomic mass is 16.5. The summed E-state index contributed by atoms with van der Waals surface area (Å²) in [5.41, 5.74) is 0.347. The Hall–Kier alpha value is -4.98. The first kappa shape index (κ1) is 21.5. The van der Waals surface area contributed by atoms with Gasteiger partial charge in [0.05, 0.1) is 6.42 Å². The molecular formula is C28H18O8. The van der Waals surface area contributed by atoms with E-state index < -0.39 is 34.6 Å². The molecule has 0 aliphatic carbocycles. The van der Waals surface area contributed by atoms with Crippen LogP contribution in [0.15, 0.2) is 75.9 Å². The summed E-state index contributed by atoms with van der Waals surface area (Å²) in [4.78, 5) is 25.8. The fraction of sp³-hybridized carbons (Fsp3) is 0.0714. The molecule has 4 aromatic carbocycles. The van der Waals surface area contributed by atoms with Crippen LogP contribution < -0.4 is 10.2 Å². The molecule has 1 aliphatic rings. The summed E-state index contributed by atoms with van der Waals surface area (Å²) < 4.78 is 11.5. The molecule has 6 rings (SSSR count). The molecule has 36 heavy (non-hydrogen) atoms. The highest BCUT2D eigenvalue weighted by Crippen LogP contribution is 2.48. The van der Waals surface area contributed by atoms with Crippen LogP contribution in [0.5, 0.6) is 28.7 Å². The summed E-state index contributed by atoms with van der Waals surface area (Å²) in [6.45, 7) is 0. The average molecular weight is 482 g/mol. The first-order valence-electron chi connectivity index (χ1n) is 11.1. The number of esters is 1. The molecule has 8 nitrogen and oxygen atoms in total. The zero-order valence-corrected chi connectivity index (χ0v) is 18.6. The molecule has 4 N–H and O–H groups in total. The largest absolute Gasteiger partial charge is 0.507 e. The summed E-state index contributed by atoms with van der Waals surface area (Å²) in [6.07, 6.45) is -0.0409.